The fraction of sp³-hybridized carbons (Fsp3) is 0.500. The quantitative estimate of drug-likeness (QED) is 0.370. The zero-order valence-electron chi connectivity index (χ0n) is 10.6. The second kappa shape index (κ2) is 7.83. The molecule has 1 atom stereocenters. The standard InChI is InChI=1S/C12H23O3PSi/c1-5-9-16(13,14)15-17(10-6-2,11-7-3)12-8-4/h6-8H,2-5,9-12H2,1H3,(H,13,14). The van der Waals surface area contributed by atoms with Crippen molar-refractivity contribution in [1.29, 1.82) is 0 Å². The summed E-state index contributed by atoms with van der Waals surface area (Å²) < 4.78 is 17.5. The van der Waals surface area contributed by atoms with Crippen molar-refractivity contribution in [3.63, 3.8) is 0 Å². The van der Waals surface area contributed by atoms with Gasteiger partial charge in [-0.15, -0.1) is 19.7 Å². The molecule has 1 unspecified atom stereocenters. The SMILES string of the molecule is C=CC[Si](CC=C)(CC=C)OP(=O)(O)CCC. The Labute approximate surface area is 106 Å². The molecule has 1 N–H and O–H groups in total. The van der Waals surface area contributed by atoms with E-state index in [0.717, 1.165) is 0 Å². The molecule has 3 nitrogen and oxygen atoms in total. The van der Waals surface area contributed by atoms with Gasteiger partial charge in [0.25, 0.3) is 0 Å². The number of hydrogen-bond donors (Lipinski definition) is 1. The van der Waals surface area contributed by atoms with Gasteiger partial charge in [0.1, 0.15) is 0 Å². The van der Waals surface area contributed by atoms with Crippen molar-refractivity contribution in [2.75, 3.05) is 6.16 Å². The molecule has 0 saturated heterocycles. The fourth-order valence-corrected chi connectivity index (χ4v) is 8.11. The average molecular weight is 274 g/mol. The molecule has 0 spiro atoms. The molecular weight excluding hydrogens is 251 g/mol. The third kappa shape index (κ3) is 6.17. The van der Waals surface area contributed by atoms with Crippen LogP contribution in [0, 0.1) is 0 Å². The molecule has 5 heteroatoms. The Hall–Kier alpha value is -0.413. The first-order valence-corrected chi connectivity index (χ1v) is 10.1. The number of rotatable bonds is 10. The Balaban J connectivity index is 4.99. The monoisotopic (exact) mass is 274 g/mol. The van der Waals surface area contributed by atoms with Gasteiger partial charge in [-0.2, -0.15) is 0 Å². The van der Waals surface area contributed by atoms with Gasteiger partial charge in [-0.1, -0.05) is 25.2 Å². The van der Waals surface area contributed by atoms with Crippen LogP contribution < -0.4 is 0 Å². The minimum Gasteiger partial charge on any atom is -0.349 e. The van der Waals surface area contributed by atoms with Gasteiger partial charge in [-0.25, -0.2) is 0 Å². The maximum Gasteiger partial charge on any atom is 0.318 e. The van der Waals surface area contributed by atoms with Crippen LogP contribution in [0.4, 0.5) is 0 Å². The summed E-state index contributed by atoms with van der Waals surface area (Å²) in [5.74, 6) is 0. The van der Waals surface area contributed by atoms with Gasteiger partial charge in [0.15, 0.2) is 0 Å². The van der Waals surface area contributed by atoms with Crippen molar-refractivity contribution < 1.29 is 13.7 Å². The van der Waals surface area contributed by atoms with E-state index >= 15 is 0 Å². The fourth-order valence-electron chi connectivity index (χ4n) is 1.78. The van der Waals surface area contributed by atoms with Crippen molar-refractivity contribution in [3.8, 4) is 0 Å². The van der Waals surface area contributed by atoms with E-state index < -0.39 is 15.9 Å². The maximum atomic E-state index is 11.9. The highest BCUT2D eigenvalue weighted by atomic mass is 31.2. The third-order valence-electron chi connectivity index (χ3n) is 2.39. The summed E-state index contributed by atoms with van der Waals surface area (Å²) in [6.07, 6.45) is 6.10. The van der Waals surface area contributed by atoms with Crippen LogP contribution in [-0.2, 0) is 8.78 Å². The van der Waals surface area contributed by atoms with Crippen LogP contribution in [0.2, 0.25) is 18.1 Å². The van der Waals surface area contributed by atoms with Crippen molar-refractivity contribution in [2.45, 2.75) is 31.5 Å². The van der Waals surface area contributed by atoms with Gasteiger partial charge >= 0.3 is 7.60 Å². The normalized spacial score (nSPS) is 14.9. The Morgan fingerprint density at radius 3 is 1.88 bits per heavy atom. The van der Waals surface area contributed by atoms with E-state index in [2.05, 4.69) is 19.7 Å². The molecule has 0 aromatic carbocycles. The summed E-state index contributed by atoms with van der Waals surface area (Å²) in [5.41, 5.74) is 0. The third-order valence-corrected chi connectivity index (χ3v) is 9.19. The summed E-state index contributed by atoms with van der Waals surface area (Å²) >= 11 is 0. The first-order valence-electron chi connectivity index (χ1n) is 5.80. The van der Waals surface area contributed by atoms with Crippen LogP contribution in [0.15, 0.2) is 38.0 Å². The molecular formula is C12H23O3PSi. The molecule has 0 aliphatic rings. The average Bonchev–Trinajstić information content (AvgIpc) is 2.17. The minimum absolute atomic E-state index is 0.202. The topological polar surface area (TPSA) is 46.5 Å². The first-order chi connectivity index (χ1) is 7.95. The Morgan fingerprint density at radius 2 is 1.59 bits per heavy atom. The summed E-state index contributed by atoms with van der Waals surface area (Å²) in [7, 11) is -5.82. The predicted molar refractivity (Wildman–Crippen MR) is 76.8 cm³/mol. The second-order valence-electron chi connectivity index (χ2n) is 4.11. The van der Waals surface area contributed by atoms with E-state index in [-0.39, 0.29) is 6.16 Å². The largest absolute Gasteiger partial charge is 0.349 e. The lowest BCUT2D eigenvalue weighted by atomic mass is 10.6. The van der Waals surface area contributed by atoms with Crippen molar-refractivity contribution in [3.05, 3.63) is 38.0 Å². The Bertz CT molecular complexity index is 288. The van der Waals surface area contributed by atoms with Gasteiger partial charge in [0, 0.05) is 6.16 Å². The van der Waals surface area contributed by atoms with E-state index in [1.807, 2.05) is 6.92 Å². The lowest BCUT2D eigenvalue weighted by Gasteiger charge is -2.30. The highest BCUT2D eigenvalue weighted by Gasteiger charge is 2.37. The lowest BCUT2D eigenvalue weighted by molar-refractivity contribution is 0.373. The van der Waals surface area contributed by atoms with Crippen molar-refractivity contribution in [2.24, 2.45) is 0 Å². The number of hydrogen-bond acceptors (Lipinski definition) is 2. The summed E-state index contributed by atoms with van der Waals surface area (Å²) in [6, 6.07) is 1.91. The number of allylic oxidation sites excluding steroid dienone is 3. The molecule has 17 heavy (non-hydrogen) atoms. The molecule has 0 rings (SSSR count). The zero-order valence-corrected chi connectivity index (χ0v) is 12.5. The molecule has 98 valence electrons. The van der Waals surface area contributed by atoms with Gasteiger partial charge in [0.2, 0.25) is 8.32 Å². The van der Waals surface area contributed by atoms with Gasteiger partial charge < -0.3 is 9.11 Å². The highest BCUT2D eigenvalue weighted by molar-refractivity contribution is 7.54. The van der Waals surface area contributed by atoms with Crippen LogP contribution in [-0.4, -0.2) is 19.4 Å². The lowest BCUT2D eigenvalue weighted by Crippen LogP contribution is -2.35. The minimum atomic E-state index is -3.48. The highest BCUT2D eigenvalue weighted by Crippen LogP contribution is 2.48. The summed E-state index contributed by atoms with van der Waals surface area (Å²) in [4.78, 5) is 9.80. The molecule has 0 bridgehead atoms. The molecule has 0 aromatic rings. The smallest absolute Gasteiger partial charge is 0.318 e. The van der Waals surface area contributed by atoms with Gasteiger partial charge in [-0.3, -0.25) is 4.57 Å². The van der Waals surface area contributed by atoms with Crippen LogP contribution in [0.1, 0.15) is 13.3 Å². The van der Waals surface area contributed by atoms with Gasteiger partial charge in [0.05, 0.1) is 0 Å². The molecule has 0 fully saturated rings. The Morgan fingerprint density at radius 1 is 1.18 bits per heavy atom. The molecule has 0 heterocycles. The van der Waals surface area contributed by atoms with Crippen molar-refractivity contribution in [1.82, 2.24) is 0 Å². The van der Waals surface area contributed by atoms with Crippen LogP contribution in [0.25, 0.3) is 0 Å². The summed E-state index contributed by atoms with van der Waals surface area (Å²) in [6.45, 7) is 13.0. The van der Waals surface area contributed by atoms with Crippen LogP contribution in [0.3, 0.4) is 0 Å². The maximum absolute atomic E-state index is 11.9. The van der Waals surface area contributed by atoms with Gasteiger partial charge in [-0.05, 0) is 24.6 Å². The molecule has 0 aliphatic carbocycles. The molecule has 0 saturated carbocycles. The van der Waals surface area contributed by atoms with E-state index in [4.69, 9.17) is 4.21 Å². The van der Waals surface area contributed by atoms with Crippen molar-refractivity contribution >= 4 is 15.9 Å². The van der Waals surface area contributed by atoms with E-state index in [9.17, 15) is 9.46 Å². The second-order valence-corrected chi connectivity index (χ2v) is 10.2. The zero-order chi connectivity index (χ0) is 13.4. The van der Waals surface area contributed by atoms with Crippen LogP contribution in [0.5, 0.6) is 0 Å². The predicted octanol–water partition coefficient (Wildman–Crippen LogP) is 4.10. The van der Waals surface area contributed by atoms with E-state index in [1.54, 1.807) is 18.2 Å². The Kier molecular flexibility index (Phi) is 7.64. The molecule has 0 radical (unpaired) electrons. The molecule has 0 amide bonds. The molecule has 0 aromatic heterocycles. The summed E-state index contributed by atoms with van der Waals surface area (Å²) in [5, 5.41) is 0. The molecule has 0 aliphatic heterocycles. The van der Waals surface area contributed by atoms with E-state index in [1.165, 1.54) is 0 Å². The van der Waals surface area contributed by atoms with E-state index in [0.29, 0.717) is 24.6 Å². The van der Waals surface area contributed by atoms with Crippen LogP contribution >= 0.6 is 7.60 Å². The first kappa shape index (κ1) is 16.6.